The van der Waals surface area contributed by atoms with Crippen LogP contribution < -0.4 is 0 Å². The Kier molecular flexibility index (Phi) is 3.05. The zero-order chi connectivity index (χ0) is 10.2. The summed E-state index contributed by atoms with van der Waals surface area (Å²) < 4.78 is 38.5. The number of aliphatic hydroxyl groups is 1. The van der Waals surface area contributed by atoms with E-state index in [0.29, 0.717) is 0 Å². The van der Waals surface area contributed by atoms with E-state index in [1.54, 1.807) is 0 Å². The summed E-state index contributed by atoms with van der Waals surface area (Å²) in [6.07, 6.45) is 0. The lowest BCUT2D eigenvalue weighted by Gasteiger charge is -2.06. The van der Waals surface area contributed by atoms with Crippen LogP contribution in [0.5, 0.6) is 0 Å². The third-order valence-corrected chi connectivity index (χ3v) is 2.27. The van der Waals surface area contributed by atoms with Crippen molar-refractivity contribution in [3.05, 3.63) is 33.1 Å². The van der Waals surface area contributed by atoms with Gasteiger partial charge in [0.15, 0.2) is 17.5 Å². The maximum Gasteiger partial charge on any atom is 0.179 e. The lowest BCUT2D eigenvalue weighted by molar-refractivity contribution is 0.266. The SMILES string of the molecule is OCc1c(F)c(F)c(Cl)c(Cl)c1F. The molecule has 1 nitrogen and oxygen atoms in total. The van der Waals surface area contributed by atoms with Gasteiger partial charge in [0, 0.05) is 0 Å². The van der Waals surface area contributed by atoms with Crippen LogP contribution in [-0.2, 0) is 6.61 Å². The first-order chi connectivity index (χ1) is 6.00. The van der Waals surface area contributed by atoms with E-state index >= 15 is 0 Å². The van der Waals surface area contributed by atoms with Gasteiger partial charge in [0.25, 0.3) is 0 Å². The Hall–Kier alpha value is -0.450. The fraction of sp³-hybridized carbons (Fsp3) is 0.143. The molecule has 0 radical (unpaired) electrons. The second-order valence-electron chi connectivity index (χ2n) is 2.21. The summed E-state index contributed by atoms with van der Waals surface area (Å²) in [5, 5.41) is 6.93. The van der Waals surface area contributed by atoms with Gasteiger partial charge < -0.3 is 5.11 Å². The predicted molar refractivity (Wildman–Crippen MR) is 42.3 cm³/mol. The van der Waals surface area contributed by atoms with E-state index in [9.17, 15) is 13.2 Å². The molecule has 0 aliphatic carbocycles. The normalized spacial score (nSPS) is 10.6. The Morgan fingerprint density at radius 3 is 1.85 bits per heavy atom. The topological polar surface area (TPSA) is 20.2 Å². The molecule has 13 heavy (non-hydrogen) atoms. The highest BCUT2D eigenvalue weighted by Gasteiger charge is 2.22. The van der Waals surface area contributed by atoms with Crippen molar-refractivity contribution in [2.45, 2.75) is 6.61 Å². The summed E-state index contributed by atoms with van der Waals surface area (Å²) in [5.41, 5.74) is -0.827. The molecular weight excluding hydrogens is 228 g/mol. The molecule has 1 aromatic carbocycles. The third kappa shape index (κ3) is 1.61. The summed E-state index contributed by atoms with van der Waals surface area (Å²) >= 11 is 10.4. The van der Waals surface area contributed by atoms with E-state index in [4.69, 9.17) is 28.3 Å². The Bertz CT molecular complexity index is 325. The molecule has 1 rings (SSSR count). The fourth-order valence-corrected chi connectivity index (χ4v) is 1.15. The minimum absolute atomic E-state index is 0.732. The van der Waals surface area contributed by atoms with Crippen LogP contribution in [0.1, 0.15) is 5.56 Å². The van der Waals surface area contributed by atoms with Crippen LogP contribution in [0.15, 0.2) is 0 Å². The maximum atomic E-state index is 12.9. The molecule has 0 aliphatic heterocycles. The van der Waals surface area contributed by atoms with E-state index < -0.39 is 39.7 Å². The molecule has 6 heteroatoms. The van der Waals surface area contributed by atoms with Crippen LogP contribution in [0.3, 0.4) is 0 Å². The quantitative estimate of drug-likeness (QED) is 0.581. The third-order valence-electron chi connectivity index (χ3n) is 1.46. The minimum Gasteiger partial charge on any atom is -0.391 e. The summed E-state index contributed by atoms with van der Waals surface area (Å²) in [7, 11) is 0. The zero-order valence-corrected chi connectivity index (χ0v) is 7.56. The van der Waals surface area contributed by atoms with Crippen molar-refractivity contribution in [3.63, 3.8) is 0 Å². The first kappa shape index (κ1) is 10.6. The van der Waals surface area contributed by atoms with Crippen molar-refractivity contribution < 1.29 is 18.3 Å². The molecule has 72 valence electrons. The minimum atomic E-state index is -1.52. The smallest absolute Gasteiger partial charge is 0.179 e. The van der Waals surface area contributed by atoms with Crippen molar-refractivity contribution in [1.29, 1.82) is 0 Å². The molecule has 0 bridgehead atoms. The zero-order valence-electron chi connectivity index (χ0n) is 6.04. The number of hydrogen-bond donors (Lipinski definition) is 1. The number of aliphatic hydroxyl groups excluding tert-OH is 1. The Labute approximate surface area is 81.7 Å². The van der Waals surface area contributed by atoms with E-state index in [1.165, 1.54) is 0 Å². The fourth-order valence-electron chi connectivity index (χ4n) is 0.789. The van der Waals surface area contributed by atoms with Gasteiger partial charge in [0.1, 0.15) is 5.02 Å². The highest BCUT2D eigenvalue weighted by atomic mass is 35.5. The van der Waals surface area contributed by atoms with Gasteiger partial charge in [0.05, 0.1) is 17.2 Å². The molecule has 1 N–H and O–H groups in total. The summed E-state index contributed by atoms with van der Waals surface area (Å²) in [4.78, 5) is 0. The van der Waals surface area contributed by atoms with Crippen LogP contribution in [-0.4, -0.2) is 5.11 Å². The number of halogens is 5. The van der Waals surface area contributed by atoms with Crippen LogP contribution in [0.2, 0.25) is 10.0 Å². The van der Waals surface area contributed by atoms with Gasteiger partial charge in [-0.3, -0.25) is 0 Å². The summed E-state index contributed by atoms with van der Waals surface area (Å²) in [6, 6.07) is 0. The van der Waals surface area contributed by atoms with Crippen LogP contribution in [0, 0.1) is 17.5 Å². The molecular formula is C7H3Cl2F3O. The first-order valence-corrected chi connectivity index (χ1v) is 3.87. The van der Waals surface area contributed by atoms with Gasteiger partial charge in [-0.1, -0.05) is 23.2 Å². The molecule has 0 unspecified atom stereocenters. The molecule has 0 spiro atoms. The molecule has 0 atom stereocenters. The molecule has 0 saturated carbocycles. The van der Waals surface area contributed by atoms with Crippen molar-refractivity contribution in [1.82, 2.24) is 0 Å². The van der Waals surface area contributed by atoms with Crippen LogP contribution in [0.4, 0.5) is 13.2 Å². The van der Waals surface area contributed by atoms with Gasteiger partial charge in [-0.2, -0.15) is 0 Å². The van der Waals surface area contributed by atoms with Gasteiger partial charge in [-0.25, -0.2) is 13.2 Å². The lowest BCUT2D eigenvalue weighted by Crippen LogP contribution is -2.01. The van der Waals surface area contributed by atoms with E-state index in [2.05, 4.69) is 0 Å². The highest BCUT2D eigenvalue weighted by molar-refractivity contribution is 6.42. The monoisotopic (exact) mass is 230 g/mol. The molecule has 0 aliphatic rings. The summed E-state index contributed by atoms with van der Waals surface area (Å²) in [5.74, 6) is -4.22. The van der Waals surface area contributed by atoms with E-state index in [1.807, 2.05) is 0 Å². The van der Waals surface area contributed by atoms with Gasteiger partial charge in [-0.15, -0.1) is 0 Å². The van der Waals surface area contributed by atoms with Crippen molar-refractivity contribution in [2.24, 2.45) is 0 Å². The number of rotatable bonds is 1. The predicted octanol–water partition coefficient (Wildman–Crippen LogP) is 2.90. The highest BCUT2D eigenvalue weighted by Crippen LogP contribution is 2.32. The van der Waals surface area contributed by atoms with Crippen LogP contribution >= 0.6 is 23.2 Å². The van der Waals surface area contributed by atoms with E-state index in [-0.39, 0.29) is 0 Å². The second-order valence-corrected chi connectivity index (χ2v) is 2.96. The van der Waals surface area contributed by atoms with Gasteiger partial charge >= 0.3 is 0 Å². The molecule has 0 heterocycles. The van der Waals surface area contributed by atoms with Gasteiger partial charge in [-0.05, 0) is 0 Å². The molecule has 0 fully saturated rings. The standard InChI is InChI=1S/C7H3Cl2F3O/c8-3-4(9)7(12)6(11)2(1-13)5(3)10/h13H,1H2. The first-order valence-electron chi connectivity index (χ1n) is 3.11. The second kappa shape index (κ2) is 3.74. The Balaban J connectivity index is 3.56. The molecule has 0 amide bonds. The van der Waals surface area contributed by atoms with Crippen molar-refractivity contribution in [3.8, 4) is 0 Å². The molecule has 0 saturated heterocycles. The van der Waals surface area contributed by atoms with E-state index in [0.717, 1.165) is 0 Å². The molecule has 1 aromatic rings. The van der Waals surface area contributed by atoms with Crippen molar-refractivity contribution in [2.75, 3.05) is 0 Å². The average Bonchev–Trinajstić information content (AvgIpc) is 2.13. The largest absolute Gasteiger partial charge is 0.391 e. The molecule has 0 aromatic heterocycles. The number of hydrogen-bond acceptors (Lipinski definition) is 1. The Morgan fingerprint density at radius 1 is 0.923 bits per heavy atom. The number of benzene rings is 1. The van der Waals surface area contributed by atoms with Crippen molar-refractivity contribution >= 4 is 23.2 Å². The average molecular weight is 231 g/mol. The van der Waals surface area contributed by atoms with Gasteiger partial charge in [0.2, 0.25) is 0 Å². The Morgan fingerprint density at radius 2 is 1.38 bits per heavy atom. The lowest BCUT2D eigenvalue weighted by atomic mass is 10.2. The summed E-state index contributed by atoms with van der Waals surface area (Å²) in [6.45, 7) is -0.981. The maximum absolute atomic E-state index is 12.9. The van der Waals surface area contributed by atoms with Crippen LogP contribution in [0.25, 0.3) is 0 Å².